The fraction of sp³-hybridized carbons (Fsp3) is 0.364. The molecule has 1 heterocycles. The van der Waals surface area contributed by atoms with E-state index in [0.717, 1.165) is 6.17 Å². The van der Waals surface area contributed by atoms with Crippen molar-refractivity contribution in [2.24, 2.45) is 0 Å². The Morgan fingerprint density at radius 3 is 2.60 bits per heavy atom. The van der Waals surface area contributed by atoms with E-state index >= 15 is 0 Å². The number of benzene rings is 1. The van der Waals surface area contributed by atoms with Crippen LogP contribution < -0.4 is 5.19 Å². The second-order valence-electron chi connectivity index (χ2n) is 4.24. The summed E-state index contributed by atoms with van der Waals surface area (Å²) < 4.78 is 5.59. The molecule has 0 N–H and O–H groups in total. The standard InChI is InChI=1S/C11H15NO2Si/c1-12-8-11(13)14-15(2,9-12)10-6-4-3-5-7-10/h3-7H,8-9H2,1-2H3. The highest BCUT2D eigenvalue weighted by atomic mass is 28.4. The SMILES string of the molecule is CN1CC(=O)O[Si](C)(c2ccccc2)C1. The predicted molar refractivity (Wildman–Crippen MR) is 61.3 cm³/mol. The highest BCUT2D eigenvalue weighted by Gasteiger charge is 2.40. The fourth-order valence-corrected chi connectivity index (χ4v) is 5.02. The lowest BCUT2D eigenvalue weighted by atomic mass is 10.4. The molecule has 1 aliphatic heterocycles. The fourth-order valence-electron chi connectivity index (χ4n) is 2.05. The van der Waals surface area contributed by atoms with Crippen LogP contribution in [0.5, 0.6) is 0 Å². The van der Waals surface area contributed by atoms with Crippen LogP contribution in [0.15, 0.2) is 30.3 Å². The van der Waals surface area contributed by atoms with Gasteiger partial charge < -0.3 is 4.43 Å². The number of carbonyl (C=O) groups excluding carboxylic acids is 1. The molecule has 1 aliphatic rings. The van der Waals surface area contributed by atoms with E-state index in [4.69, 9.17) is 4.43 Å². The summed E-state index contributed by atoms with van der Waals surface area (Å²) in [5.41, 5.74) is 0. The molecule has 0 saturated carbocycles. The summed E-state index contributed by atoms with van der Waals surface area (Å²) >= 11 is 0. The minimum atomic E-state index is -2.06. The molecule has 0 radical (unpaired) electrons. The summed E-state index contributed by atoms with van der Waals surface area (Å²) in [7, 11) is -0.0956. The molecule has 1 saturated heterocycles. The van der Waals surface area contributed by atoms with Crippen LogP contribution in [0.1, 0.15) is 0 Å². The van der Waals surface area contributed by atoms with Crippen molar-refractivity contribution in [1.29, 1.82) is 0 Å². The molecule has 2 rings (SSSR count). The summed E-state index contributed by atoms with van der Waals surface area (Å²) in [6.07, 6.45) is 0.878. The highest BCUT2D eigenvalue weighted by Crippen LogP contribution is 2.12. The number of likely N-dealkylation sites (N-methyl/N-ethyl adjacent to an activating group) is 1. The van der Waals surface area contributed by atoms with Crippen molar-refractivity contribution in [3.63, 3.8) is 0 Å². The van der Waals surface area contributed by atoms with Gasteiger partial charge in [-0.25, -0.2) is 0 Å². The molecule has 4 heteroatoms. The monoisotopic (exact) mass is 221 g/mol. The van der Waals surface area contributed by atoms with Crippen LogP contribution in [0, 0.1) is 0 Å². The number of hydrogen-bond acceptors (Lipinski definition) is 3. The number of hydrogen-bond donors (Lipinski definition) is 0. The lowest BCUT2D eigenvalue weighted by molar-refractivity contribution is -0.137. The summed E-state index contributed by atoms with van der Waals surface area (Å²) in [6.45, 7) is 2.51. The molecule has 0 amide bonds. The molecular formula is C11H15NO2Si. The van der Waals surface area contributed by atoms with Gasteiger partial charge >= 0.3 is 5.97 Å². The van der Waals surface area contributed by atoms with Gasteiger partial charge in [0, 0.05) is 6.17 Å². The normalized spacial score (nSPS) is 27.5. The van der Waals surface area contributed by atoms with E-state index in [2.05, 4.69) is 18.7 Å². The van der Waals surface area contributed by atoms with Crippen molar-refractivity contribution in [2.45, 2.75) is 6.55 Å². The Hall–Kier alpha value is -1.13. The molecule has 1 atom stereocenters. The second kappa shape index (κ2) is 3.79. The molecule has 0 spiro atoms. The molecule has 3 nitrogen and oxygen atoms in total. The number of rotatable bonds is 1. The first kappa shape index (κ1) is 10.4. The van der Waals surface area contributed by atoms with Gasteiger partial charge in [-0.1, -0.05) is 30.3 Å². The highest BCUT2D eigenvalue weighted by molar-refractivity contribution is 6.87. The number of nitrogens with zero attached hydrogens (tertiary/aromatic N) is 1. The zero-order valence-corrected chi connectivity index (χ0v) is 10.1. The van der Waals surface area contributed by atoms with Crippen molar-refractivity contribution >= 4 is 19.5 Å². The first-order valence-electron chi connectivity index (χ1n) is 5.06. The Kier molecular flexibility index (Phi) is 2.62. The average molecular weight is 221 g/mol. The van der Waals surface area contributed by atoms with Gasteiger partial charge in [-0.2, -0.15) is 0 Å². The van der Waals surface area contributed by atoms with Crippen LogP contribution in [0.2, 0.25) is 6.55 Å². The van der Waals surface area contributed by atoms with E-state index in [9.17, 15) is 4.79 Å². The van der Waals surface area contributed by atoms with Crippen molar-refractivity contribution in [1.82, 2.24) is 4.90 Å². The topological polar surface area (TPSA) is 29.5 Å². The third-order valence-electron chi connectivity index (χ3n) is 2.69. The molecule has 80 valence electrons. The molecule has 0 aliphatic carbocycles. The Bertz CT molecular complexity index is 368. The average Bonchev–Trinajstić information content (AvgIpc) is 2.17. The van der Waals surface area contributed by atoms with Crippen molar-refractivity contribution < 1.29 is 9.22 Å². The smallest absolute Gasteiger partial charge is 0.307 e. The molecule has 1 unspecified atom stereocenters. The quantitative estimate of drug-likeness (QED) is 0.647. The molecule has 1 fully saturated rings. The largest absolute Gasteiger partial charge is 0.513 e. The van der Waals surface area contributed by atoms with E-state index in [-0.39, 0.29) is 5.97 Å². The number of carbonyl (C=O) groups is 1. The molecule has 1 aromatic rings. The van der Waals surface area contributed by atoms with E-state index in [1.807, 2.05) is 30.1 Å². The van der Waals surface area contributed by atoms with Crippen LogP contribution in [0.4, 0.5) is 0 Å². The van der Waals surface area contributed by atoms with E-state index in [0.29, 0.717) is 6.54 Å². The maximum Gasteiger partial charge on any atom is 0.307 e. The molecular weight excluding hydrogens is 206 g/mol. The van der Waals surface area contributed by atoms with Crippen molar-refractivity contribution in [3.8, 4) is 0 Å². The summed E-state index contributed by atoms with van der Waals surface area (Å²) in [5, 5.41) is 1.19. The van der Waals surface area contributed by atoms with Gasteiger partial charge in [0.15, 0.2) is 0 Å². The maximum atomic E-state index is 11.4. The van der Waals surface area contributed by atoms with E-state index in [1.54, 1.807) is 0 Å². The van der Waals surface area contributed by atoms with Crippen molar-refractivity contribution in [2.75, 3.05) is 19.8 Å². The minimum absolute atomic E-state index is 0.0956. The summed E-state index contributed by atoms with van der Waals surface area (Å²) in [5.74, 6) is -0.0956. The van der Waals surface area contributed by atoms with Gasteiger partial charge in [0.25, 0.3) is 8.32 Å². The predicted octanol–water partition coefficient (Wildman–Crippen LogP) is 0.497. The van der Waals surface area contributed by atoms with Crippen molar-refractivity contribution in [3.05, 3.63) is 30.3 Å². The minimum Gasteiger partial charge on any atom is -0.513 e. The Morgan fingerprint density at radius 1 is 1.33 bits per heavy atom. The Labute approximate surface area is 90.8 Å². The van der Waals surface area contributed by atoms with Crippen LogP contribution >= 0.6 is 0 Å². The maximum absolute atomic E-state index is 11.4. The van der Waals surface area contributed by atoms with E-state index in [1.165, 1.54) is 5.19 Å². The van der Waals surface area contributed by atoms with Gasteiger partial charge in [-0.15, -0.1) is 0 Å². The third kappa shape index (κ3) is 2.10. The lowest BCUT2D eigenvalue weighted by Gasteiger charge is -2.36. The van der Waals surface area contributed by atoms with Crippen LogP contribution in [-0.2, 0) is 9.22 Å². The second-order valence-corrected chi connectivity index (χ2v) is 7.80. The van der Waals surface area contributed by atoms with Gasteiger partial charge in [0.05, 0.1) is 6.54 Å². The zero-order valence-electron chi connectivity index (χ0n) is 9.06. The Morgan fingerprint density at radius 2 is 2.00 bits per heavy atom. The van der Waals surface area contributed by atoms with Gasteiger partial charge in [0.2, 0.25) is 0 Å². The van der Waals surface area contributed by atoms with Gasteiger partial charge in [0.1, 0.15) is 0 Å². The van der Waals surface area contributed by atoms with Crippen LogP contribution in [0.25, 0.3) is 0 Å². The first-order chi connectivity index (χ1) is 7.10. The molecule has 15 heavy (non-hydrogen) atoms. The van der Waals surface area contributed by atoms with Crippen LogP contribution in [0.3, 0.4) is 0 Å². The van der Waals surface area contributed by atoms with E-state index < -0.39 is 8.32 Å². The molecule has 0 bridgehead atoms. The summed E-state index contributed by atoms with van der Waals surface area (Å²) in [6, 6.07) is 10.1. The molecule has 0 aromatic heterocycles. The van der Waals surface area contributed by atoms with Gasteiger partial charge in [-0.3, -0.25) is 9.69 Å². The first-order valence-corrected chi connectivity index (χ1v) is 7.68. The molecule has 1 aromatic carbocycles. The van der Waals surface area contributed by atoms with Gasteiger partial charge in [-0.05, 0) is 18.8 Å². The lowest BCUT2D eigenvalue weighted by Crippen LogP contribution is -2.62. The van der Waals surface area contributed by atoms with Crippen LogP contribution in [-0.4, -0.2) is 38.9 Å². The Balaban J connectivity index is 2.30. The third-order valence-corrected chi connectivity index (χ3v) is 6.07. The summed E-state index contributed by atoms with van der Waals surface area (Å²) in [4.78, 5) is 13.5. The zero-order chi connectivity index (χ0) is 10.9.